The Hall–Kier alpha value is -0.880. The fraction of sp³-hybridized carbons (Fsp3) is 0.538. The Morgan fingerprint density at radius 1 is 1.42 bits per heavy atom. The molecule has 0 radical (unpaired) electrons. The topological polar surface area (TPSA) is 49.4 Å². The molecule has 1 aromatic rings. The molecule has 0 aliphatic carbocycles. The summed E-state index contributed by atoms with van der Waals surface area (Å²) in [6.07, 6.45) is 0. The van der Waals surface area contributed by atoms with E-state index in [9.17, 15) is 9.59 Å². The first-order valence-corrected chi connectivity index (χ1v) is 7.68. The largest absolute Gasteiger partial charge is 0.344 e. The quantitative estimate of drug-likeness (QED) is 0.890. The first-order valence-electron chi connectivity index (χ1n) is 6.07. The Morgan fingerprint density at radius 2 is 2.05 bits per heavy atom. The zero-order valence-electron chi connectivity index (χ0n) is 11.6. The molecule has 4 nitrogen and oxygen atoms in total. The van der Waals surface area contributed by atoms with Gasteiger partial charge in [0.25, 0.3) is 0 Å². The Bertz CT molecular complexity index is 459. The lowest BCUT2D eigenvalue weighted by Crippen LogP contribution is -2.49. The number of hydrogen-bond donors (Lipinski definition) is 1. The SMILES string of the molecule is CC(=O)NC(C(=O)N(C)Cc1ccc(Br)s1)C(C)C. The zero-order chi connectivity index (χ0) is 14.6. The number of halogens is 1. The summed E-state index contributed by atoms with van der Waals surface area (Å²) in [6, 6.07) is 3.49. The van der Waals surface area contributed by atoms with E-state index in [-0.39, 0.29) is 17.7 Å². The molecule has 0 aromatic carbocycles. The minimum Gasteiger partial charge on any atom is -0.344 e. The smallest absolute Gasteiger partial charge is 0.245 e. The summed E-state index contributed by atoms with van der Waals surface area (Å²) in [7, 11) is 1.76. The van der Waals surface area contributed by atoms with Crippen LogP contribution < -0.4 is 5.32 Å². The predicted molar refractivity (Wildman–Crippen MR) is 80.9 cm³/mol. The number of hydrogen-bond acceptors (Lipinski definition) is 3. The van der Waals surface area contributed by atoms with Gasteiger partial charge in [-0.2, -0.15) is 0 Å². The summed E-state index contributed by atoms with van der Waals surface area (Å²) in [4.78, 5) is 26.3. The Balaban J connectivity index is 2.70. The van der Waals surface area contributed by atoms with Crippen molar-refractivity contribution in [3.63, 3.8) is 0 Å². The second-order valence-corrected chi connectivity index (χ2v) is 7.37. The van der Waals surface area contributed by atoms with Crippen LogP contribution in [0.1, 0.15) is 25.6 Å². The summed E-state index contributed by atoms with van der Waals surface area (Å²) >= 11 is 5.00. The molecule has 0 fully saturated rings. The Kier molecular flexibility index (Phi) is 6.00. The third-order valence-corrected chi connectivity index (χ3v) is 4.30. The molecule has 1 unspecified atom stereocenters. The van der Waals surface area contributed by atoms with E-state index in [0.717, 1.165) is 8.66 Å². The zero-order valence-corrected chi connectivity index (χ0v) is 14.0. The van der Waals surface area contributed by atoms with E-state index in [1.165, 1.54) is 6.92 Å². The average Bonchev–Trinajstić information content (AvgIpc) is 2.70. The van der Waals surface area contributed by atoms with Crippen LogP contribution in [0.2, 0.25) is 0 Å². The van der Waals surface area contributed by atoms with Gasteiger partial charge in [0.05, 0.1) is 10.3 Å². The highest BCUT2D eigenvalue weighted by Gasteiger charge is 2.26. The van der Waals surface area contributed by atoms with Crippen LogP contribution in [-0.4, -0.2) is 29.8 Å². The highest BCUT2D eigenvalue weighted by molar-refractivity contribution is 9.11. The van der Waals surface area contributed by atoms with Gasteiger partial charge in [0.1, 0.15) is 6.04 Å². The first kappa shape index (κ1) is 16.2. The van der Waals surface area contributed by atoms with Crippen LogP contribution in [0.25, 0.3) is 0 Å². The summed E-state index contributed by atoms with van der Waals surface area (Å²) in [5.74, 6) is -0.178. The molecule has 2 amide bonds. The van der Waals surface area contributed by atoms with Crippen molar-refractivity contribution in [1.82, 2.24) is 10.2 Å². The van der Waals surface area contributed by atoms with Crippen LogP contribution in [0.4, 0.5) is 0 Å². The molecule has 1 N–H and O–H groups in total. The third kappa shape index (κ3) is 4.95. The van der Waals surface area contributed by atoms with Gasteiger partial charge < -0.3 is 10.2 Å². The lowest BCUT2D eigenvalue weighted by atomic mass is 10.0. The van der Waals surface area contributed by atoms with Gasteiger partial charge in [0, 0.05) is 18.8 Å². The van der Waals surface area contributed by atoms with Crippen molar-refractivity contribution in [2.24, 2.45) is 5.92 Å². The number of nitrogens with zero attached hydrogens (tertiary/aromatic N) is 1. The second kappa shape index (κ2) is 7.05. The van der Waals surface area contributed by atoms with Crippen LogP contribution in [0, 0.1) is 5.92 Å². The maximum absolute atomic E-state index is 12.3. The van der Waals surface area contributed by atoms with Gasteiger partial charge in [0.2, 0.25) is 11.8 Å². The van der Waals surface area contributed by atoms with Crippen LogP contribution in [0.3, 0.4) is 0 Å². The number of carbonyl (C=O) groups is 2. The standard InChI is InChI=1S/C13H19BrN2O2S/c1-8(2)12(15-9(3)17)13(18)16(4)7-10-5-6-11(14)19-10/h5-6,8,12H,7H2,1-4H3,(H,15,17). The maximum Gasteiger partial charge on any atom is 0.245 e. The van der Waals surface area contributed by atoms with Crippen LogP contribution >= 0.6 is 27.3 Å². The minimum absolute atomic E-state index is 0.0604. The number of nitrogens with one attached hydrogen (secondary N) is 1. The van der Waals surface area contributed by atoms with E-state index in [1.54, 1.807) is 23.3 Å². The molecule has 0 saturated carbocycles. The predicted octanol–water partition coefficient (Wildman–Crippen LogP) is 2.63. The molecule has 0 spiro atoms. The maximum atomic E-state index is 12.3. The molecule has 1 heterocycles. The highest BCUT2D eigenvalue weighted by Crippen LogP contribution is 2.23. The molecule has 0 saturated heterocycles. The molecular weight excluding hydrogens is 328 g/mol. The van der Waals surface area contributed by atoms with Crippen molar-refractivity contribution in [1.29, 1.82) is 0 Å². The van der Waals surface area contributed by atoms with E-state index < -0.39 is 6.04 Å². The fourth-order valence-electron chi connectivity index (χ4n) is 1.72. The van der Waals surface area contributed by atoms with Gasteiger partial charge in [-0.25, -0.2) is 0 Å². The number of thiophene rings is 1. The summed E-state index contributed by atoms with van der Waals surface area (Å²) in [5, 5.41) is 2.71. The molecule has 19 heavy (non-hydrogen) atoms. The van der Waals surface area contributed by atoms with Crippen molar-refractivity contribution < 1.29 is 9.59 Å². The van der Waals surface area contributed by atoms with Gasteiger partial charge in [-0.3, -0.25) is 9.59 Å². The fourth-order valence-corrected chi connectivity index (χ4v) is 3.26. The molecular formula is C13H19BrN2O2S. The van der Waals surface area contributed by atoms with Gasteiger partial charge >= 0.3 is 0 Å². The highest BCUT2D eigenvalue weighted by atomic mass is 79.9. The Morgan fingerprint density at radius 3 is 2.47 bits per heavy atom. The number of likely N-dealkylation sites (N-methyl/N-ethyl adjacent to an activating group) is 1. The Labute approximate surface area is 126 Å². The van der Waals surface area contributed by atoms with Gasteiger partial charge in [-0.15, -0.1) is 11.3 Å². The summed E-state index contributed by atoms with van der Waals surface area (Å²) in [6.45, 7) is 5.83. The molecule has 0 bridgehead atoms. The third-order valence-electron chi connectivity index (χ3n) is 2.69. The van der Waals surface area contributed by atoms with Crippen molar-refractivity contribution in [3.8, 4) is 0 Å². The first-order chi connectivity index (χ1) is 8.81. The normalized spacial score (nSPS) is 12.3. The van der Waals surface area contributed by atoms with Crippen molar-refractivity contribution in [3.05, 3.63) is 20.8 Å². The molecule has 0 aliphatic rings. The molecule has 106 valence electrons. The molecule has 1 atom stereocenters. The van der Waals surface area contributed by atoms with Gasteiger partial charge in [-0.1, -0.05) is 13.8 Å². The van der Waals surface area contributed by atoms with E-state index in [2.05, 4.69) is 21.2 Å². The van der Waals surface area contributed by atoms with E-state index in [4.69, 9.17) is 0 Å². The van der Waals surface area contributed by atoms with Crippen molar-refractivity contribution in [2.45, 2.75) is 33.4 Å². The van der Waals surface area contributed by atoms with Crippen LogP contribution in [0.15, 0.2) is 15.9 Å². The van der Waals surface area contributed by atoms with E-state index in [0.29, 0.717) is 6.54 Å². The molecule has 1 rings (SSSR count). The lowest BCUT2D eigenvalue weighted by molar-refractivity contribution is -0.136. The van der Waals surface area contributed by atoms with E-state index >= 15 is 0 Å². The van der Waals surface area contributed by atoms with Gasteiger partial charge in [0.15, 0.2) is 0 Å². The second-order valence-electron chi connectivity index (χ2n) is 4.82. The summed E-state index contributed by atoms with van der Waals surface area (Å²) in [5.41, 5.74) is 0. The van der Waals surface area contributed by atoms with Gasteiger partial charge in [-0.05, 0) is 34.0 Å². The molecule has 6 heteroatoms. The van der Waals surface area contributed by atoms with Crippen LogP contribution in [0.5, 0.6) is 0 Å². The van der Waals surface area contributed by atoms with Crippen molar-refractivity contribution in [2.75, 3.05) is 7.05 Å². The molecule has 1 aromatic heterocycles. The number of carbonyl (C=O) groups excluding carboxylic acids is 2. The summed E-state index contributed by atoms with van der Waals surface area (Å²) < 4.78 is 1.05. The molecule has 0 aliphatic heterocycles. The van der Waals surface area contributed by atoms with Crippen molar-refractivity contribution >= 4 is 39.1 Å². The average molecular weight is 347 g/mol. The number of amides is 2. The van der Waals surface area contributed by atoms with Crippen LogP contribution in [-0.2, 0) is 16.1 Å². The minimum atomic E-state index is -0.467. The monoisotopic (exact) mass is 346 g/mol. The number of rotatable bonds is 5. The van der Waals surface area contributed by atoms with E-state index in [1.807, 2.05) is 26.0 Å². The lowest BCUT2D eigenvalue weighted by Gasteiger charge is -2.26.